The summed E-state index contributed by atoms with van der Waals surface area (Å²) in [5.41, 5.74) is 0.662. The van der Waals surface area contributed by atoms with E-state index in [1.54, 1.807) is 6.07 Å². The molecule has 2 aromatic rings. The molecule has 0 unspecified atom stereocenters. The lowest BCUT2D eigenvalue weighted by Crippen LogP contribution is -2.49. The van der Waals surface area contributed by atoms with Crippen molar-refractivity contribution in [2.24, 2.45) is 0 Å². The number of fused-ring (bicyclic) bond motifs is 1. The minimum Gasteiger partial charge on any atom is -0.383 e. The number of hydrogen-bond acceptors (Lipinski definition) is 4. The van der Waals surface area contributed by atoms with Gasteiger partial charge in [-0.25, -0.2) is 8.78 Å². The summed E-state index contributed by atoms with van der Waals surface area (Å²) >= 11 is 0. The Bertz CT molecular complexity index is 684. The number of halogens is 2. The fourth-order valence-electron chi connectivity index (χ4n) is 2.99. The van der Waals surface area contributed by atoms with Gasteiger partial charge in [0.05, 0.1) is 5.39 Å². The van der Waals surface area contributed by atoms with Crippen LogP contribution in [0.4, 0.5) is 14.5 Å². The molecule has 1 aliphatic heterocycles. The van der Waals surface area contributed by atoms with Crippen LogP contribution in [0.15, 0.2) is 24.4 Å². The molecule has 0 amide bonds. The van der Waals surface area contributed by atoms with E-state index < -0.39 is 11.6 Å². The molecule has 0 radical (unpaired) electrons. The summed E-state index contributed by atoms with van der Waals surface area (Å²) in [6.45, 7) is 7.00. The van der Waals surface area contributed by atoms with Crippen LogP contribution in [0.5, 0.6) is 0 Å². The van der Waals surface area contributed by atoms with Gasteiger partial charge in [-0.05, 0) is 32.2 Å². The molecule has 0 spiro atoms. The Kier molecular flexibility index (Phi) is 4.73. The van der Waals surface area contributed by atoms with Crippen LogP contribution >= 0.6 is 0 Å². The first-order valence-electron chi connectivity index (χ1n) is 7.95. The summed E-state index contributed by atoms with van der Waals surface area (Å²) in [5.74, 6) is -0.957. The van der Waals surface area contributed by atoms with E-state index in [0.29, 0.717) is 18.3 Å². The van der Waals surface area contributed by atoms with Crippen LogP contribution in [-0.4, -0.2) is 60.6 Å². The Hall–Kier alpha value is -1.79. The van der Waals surface area contributed by atoms with Crippen molar-refractivity contribution in [3.05, 3.63) is 36.0 Å². The molecule has 1 atom stereocenters. The third-order valence-corrected chi connectivity index (χ3v) is 4.54. The van der Waals surface area contributed by atoms with Crippen molar-refractivity contribution in [2.45, 2.75) is 13.0 Å². The van der Waals surface area contributed by atoms with Gasteiger partial charge in [-0.2, -0.15) is 0 Å². The van der Waals surface area contributed by atoms with E-state index in [1.165, 1.54) is 6.20 Å². The fourth-order valence-corrected chi connectivity index (χ4v) is 2.99. The zero-order chi connectivity index (χ0) is 16.4. The molecule has 1 aromatic carbocycles. The first-order chi connectivity index (χ1) is 11.1. The lowest BCUT2D eigenvalue weighted by atomic mass is 10.1. The van der Waals surface area contributed by atoms with Crippen molar-refractivity contribution in [1.29, 1.82) is 0 Å². The van der Waals surface area contributed by atoms with Gasteiger partial charge in [-0.15, -0.1) is 0 Å². The number of likely N-dealkylation sites (N-methyl/N-ethyl adjacent to an activating group) is 1. The highest BCUT2D eigenvalue weighted by Crippen LogP contribution is 2.26. The molecule has 1 fully saturated rings. The second-order valence-corrected chi connectivity index (χ2v) is 6.18. The van der Waals surface area contributed by atoms with E-state index in [2.05, 4.69) is 34.1 Å². The van der Waals surface area contributed by atoms with Crippen LogP contribution in [-0.2, 0) is 0 Å². The van der Waals surface area contributed by atoms with Crippen molar-refractivity contribution in [2.75, 3.05) is 45.1 Å². The number of rotatable bonds is 4. The maximum Gasteiger partial charge on any atom is 0.149 e. The van der Waals surface area contributed by atoms with Gasteiger partial charge in [0, 0.05) is 50.6 Å². The van der Waals surface area contributed by atoms with Gasteiger partial charge >= 0.3 is 0 Å². The molecule has 1 aliphatic rings. The Labute approximate surface area is 135 Å². The number of anilines is 1. The van der Waals surface area contributed by atoms with Crippen molar-refractivity contribution in [1.82, 2.24) is 14.8 Å². The first kappa shape index (κ1) is 16.1. The monoisotopic (exact) mass is 320 g/mol. The standard InChI is InChI=1S/C17H22F2N4/c1-12(23-9-7-22(2)8-10-23)11-21-15-5-6-20-17-14(19)4-3-13(18)16(15)17/h3-6,12H,7-11H2,1-2H3,(H,20,21)/t12-/m1/s1. The third-order valence-electron chi connectivity index (χ3n) is 4.54. The Balaban J connectivity index is 1.73. The average Bonchev–Trinajstić information content (AvgIpc) is 2.56. The normalized spacial score (nSPS) is 18.3. The fraction of sp³-hybridized carbons (Fsp3) is 0.471. The largest absolute Gasteiger partial charge is 0.383 e. The third kappa shape index (κ3) is 3.43. The molecule has 0 bridgehead atoms. The highest BCUT2D eigenvalue weighted by Gasteiger charge is 2.19. The number of benzene rings is 1. The Morgan fingerprint density at radius 1 is 1.13 bits per heavy atom. The SMILES string of the molecule is C[C@H](CNc1ccnc2c(F)ccc(F)c12)N1CCN(C)CC1. The number of nitrogens with one attached hydrogen (secondary N) is 1. The summed E-state index contributed by atoms with van der Waals surface area (Å²) < 4.78 is 27.9. The first-order valence-corrected chi connectivity index (χ1v) is 7.95. The highest BCUT2D eigenvalue weighted by molar-refractivity contribution is 5.91. The molecule has 1 aromatic heterocycles. The predicted octanol–water partition coefficient (Wildman–Crippen LogP) is 2.56. The number of nitrogens with zero attached hydrogens (tertiary/aromatic N) is 3. The summed E-state index contributed by atoms with van der Waals surface area (Å²) in [4.78, 5) is 8.68. The average molecular weight is 320 g/mol. The topological polar surface area (TPSA) is 31.4 Å². The van der Waals surface area contributed by atoms with Gasteiger partial charge in [0.15, 0.2) is 0 Å². The van der Waals surface area contributed by atoms with E-state index in [4.69, 9.17) is 0 Å². The van der Waals surface area contributed by atoms with Crippen LogP contribution in [0.2, 0.25) is 0 Å². The minimum absolute atomic E-state index is 0.0715. The molecular formula is C17H22F2N4. The summed E-state index contributed by atoms with van der Waals surface area (Å²) in [5, 5.41) is 3.48. The molecule has 124 valence electrons. The zero-order valence-corrected chi connectivity index (χ0v) is 13.5. The maximum absolute atomic E-state index is 14.1. The quantitative estimate of drug-likeness (QED) is 0.938. The minimum atomic E-state index is -0.503. The van der Waals surface area contributed by atoms with Crippen molar-refractivity contribution in [3.63, 3.8) is 0 Å². The molecule has 3 rings (SSSR count). The molecule has 0 aliphatic carbocycles. The smallest absolute Gasteiger partial charge is 0.149 e. The number of pyridine rings is 1. The van der Waals surface area contributed by atoms with Crippen LogP contribution in [0.3, 0.4) is 0 Å². The van der Waals surface area contributed by atoms with Gasteiger partial charge < -0.3 is 10.2 Å². The van der Waals surface area contributed by atoms with Crippen LogP contribution in [0.1, 0.15) is 6.92 Å². The van der Waals surface area contributed by atoms with E-state index >= 15 is 0 Å². The van der Waals surface area contributed by atoms with Gasteiger partial charge in [0.25, 0.3) is 0 Å². The molecule has 0 saturated carbocycles. The van der Waals surface area contributed by atoms with E-state index in [9.17, 15) is 8.78 Å². The molecular weight excluding hydrogens is 298 g/mol. The van der Waals surface area contributed by atoms with Gasteiger partial charge in [-0.1, -0.05) is 0 Å². The highest BCUT2D eigenvalue weighted by atomic mass is 19.1. The molecule has 23 heavy (non-hydrogen) atoms. The molecule has 2 heterocycles. The lowest BCUT2D eigenvalue weighted by Gasteiger charge is -2.36. The van der Waals surface area contributed by atoms with E-state index in [0.717, 1.165) is 38.3 Å². The molecule has 1 N–H and O–H groups in total. The van der Waals surface area contributed by atoms with E-state index in [-0.39, 0.29) is 10.9 Å². The van der Waals surface area contributed by atoms with Gasteiger partial charge in [-0.3, -0.25) is 9.88 Å². The van der Waals surface area contributed by atoms with Gasteiger partial charge in [0.1, 0.15) is 17.2 Å². The predicted molar refractivity (Wildman–Crippen MR) is 88.7 cm³/mol. The van der Waals surface area contributed by atoms with Crippen molar-refractivity contribution >= 4 is 16.6 Å². The number of aromatic nitrogens is 1. The Morgan fingerprint density at radius 3 is 2.57 bits per heavy atom. The van der Waals surface area contributed by atoms with Crippen molar-refractivity contribution in [3.8, 4) is 0 Å². The maximum atomic E-state index is 14.1. The molecule has 4 nitrogen and oxygen atoms in total. The lowest BCUT2D eigenvalue weighted by molar-refractivity contribution is 0.123. The van der Waals surface area contributed by atoms with Crippen molar-refractivity contribution < 1.29 is 8.78 Å². The Morgan fingerprint density at radius 2 is 1.83 bits per heavy atom. The van der Waals surface area contributed by atoms with Gasteiger partial charge in [0.2, 0.25) is 0 Å². The number of piperazine rings is 1. The second kappa shape index (κ2) is 6.76. The van der Waals surface area contributed by atoms with Crippen LogP contribution in [0, 0.1) is 11.6 Å². The van der Waals surface area contributed by atoms with Crippen LogP contribution < -0.4 is 5.32 Å². The molecule has 6 heteroatoms. The van der Waals surface area contributed by atoms with Crippen LogP contribution in [0.25, 0.3) is 10.9 Å². The summed E-state index contributed by atoms with van der Waals surface area (Å²) in [6, 6.07) is 4.28. The second-order valence-electron chi connectivity index (χ2n) is 6.18. The number of hydrogen-bond donors (Lipinski definition) is 1. The summed E-state index contributed by atoms with van der Waals surface area (Å²) in [6.07, 6.45) is 1.51. The molecule has 1 saturated heterocycles. The zero-order valence-electron chi connectivity index (χ0n) is 13.5. The van der Waals surface area contributed by atoms with E-state index in [1.807, 2.05) is 0 Å². The summed E-state index contributed by atoms with van der Waals surface area (Å²) in [7, 11) is 2.13.